The van der Waals surface area contributed by atoms with Crippen LogP contribution < -0.4 is 14.8 Å². The number of hydrogen-bond acceptors (Lipinski definition) is 6. The quantitative estimate of drug-likeness (QED) is 0.211. The Morgan fingerprint density at radius 3 is 2.70 bits per heavy atom. The molecular formula is C19H14INO4S2. The first-order valence-electron chi connectivity index (χ1n) is 7.96. The van der Waals surface area contributed by atoms with E-state index >= 15 is 0 Å². The fourth-order valence-electron chi connectivity index (χ4n) is 2.32. The topological polar surface area (TPSA) is 64.6 Å². The van der Waals surface area contributed by atoms with E-state index in [4.69, 9.17) is 21.7 Å². The highest BCUT2D eigenvalue weighted by molar-refractivity contribution is 14.1. The molecule has 1 aliphatic rings. The summed E-state index contributed by atoms with van der Waals surface area (Å²) >= 11 is 8.29. The number of amides is 1. The van der Waals surface area contributed by atoms with Gasteiger partial charge in [0.05, 0.1) is 17.1 Å². The van der Waals surface area contributed by atoms with Crippen molar-refractivity contribution < 1.29 is 19.1 Å². The molecule has 2 aromatic rings. The highest BCUT2D eigenvalue weighted by Crippen LogP contribution is 2.32. The molecule has 1 amide bonds. The van der Waals surface area contributed by atoms with Crippen LogP contribution in [0, 0.1) is 3.57 Å². The molecule has 0 aromatic heterocycles. The standard InChI is InChI=1S/C19H14INO4S2/c1-2-24-15-9-11(10-16-17(22)21-19(26)27-16)7-8-14(15)25-18(23)12-5-3-4-6-13(12)20/h3-10H,2H2,1H3,(H,21,22,26). The van der Waals surface area contributed by atoms with Gasteiger partial charge in [0, 0.05) is 3.57 Å². The fourth-order valence-corrected chi connectivity index (χ4v) is 3.97. The maximum absolute atomic E-state index is 12.5. The molecule has 0 bridgehead atoms. The van der Waals surface area contributed by atoms with Gasteiger partial charge in [-0.3, -0.25) is 4.79 Å². The Morgan fingerprint density at radius 2 is 2.04 bits per heavy atom. The van der Waals surface area contributed by atoms with Crippen LogP contribution in [0.2, 0.25) is 0 Å². The molecule has 1 heterocycles. The molecule has 2 aromatic carbocycles. The van der Waals surface area contributed by atoms with E-state index in [9.17, 15) is 9.59 Å². The summed E-state index contributed by atoms with van der Waals surface area (Å²) in [5, 5.41) is 2.57. The summed E-state index contributed by atoms with van der Waals surface area (Å²) in [6, 6.07) is 12.3. The number of carbonyl (C=O) groups excluding carboxylic acids is 2. The lowest BCUT2D eigenvalue weighted by Crippen LogP contribution is -2.17. The van der Waals surface area contributed by atoms with Gasteiger partial charge in [-0.25, -0.2) is 4.79 Å². The molecule has 138 valence electrons. The van der Waals surface area contributed by atoms with Crippen LogP contribution in [0.25, 0.3) is 6.08 Å². The van der Waals surface area contributed by atoms with Gasteiger partial charge >= 0.3 is 5.97 Å². The molecule has 0 spiro atoms. The lowest BCUT2D eigenvalue weighted by Gasteiger charge is -2.12. The molecular weight excluding hydrogens is 497 g/mol. The number of esters is 1. The molecule has 0 unspecified atom stereocenters. The number of ether oxygens (including phenoxy) is 2. The predicted octanol–water partition coefficient (Wildman–Crippen LogP) is 4.40. The summed E-state index contributed by atoms with van der Waals surface area (Å²) in [5.74, 6) is 0.0695. The van der Waals surface area contributed by atoms with Gasteiger partial charge in [0.1, 0.15) is 4.32 Å². The molecule has 3 rings (SSSR count). The maximum atomic E-state index is 12.5. The second-order valence-corrected chi connectivity index (χ2v) is 8.24. The first-order valence-corrected chi connectivity index (χ1v) is 10.3. The van der Waals surface area contributed by atoms with E-state index in [1.165, 1.54) is 11.8 Å². The largest absolute Gasteiger partial charge is 0.490 e. The number of carbonyl (C=O) groups is 2. The smallest absolute Gasteiger partial charge is 0.344 e. The van der Waals surface area contributed by atoms with Crippen molar-refractivity contribution in [1.82, 2.24) is 5.32 Å². The molecule has 1 saturated heterocycles. The van der Waals surface area contributed by atoms with Gasteiger partial charge in [-0.15, -0.1) is 0 Å². The second-order valence-electron chi connectivity index (χ2n) is 5.36. The Bertz CT molecular complexity index is 958. The van der Waals surface area contributed by atoms with Crippen molar-refractivity contribution in [3.05, 3.63) is 62.1 Å². The van der Waals surface area contributed by atoms with Gasteiger partial charge < -0.3 is 14.8 Å². The van der Waals surface area contributed by atoms with Crippen LogP contribution >= 0.6 is 46.6 Å². The number of thiocarbonyl (C=S) groups is 1. The third-order valence-electron chi connectivity index (χ3n) is 3.50. The number of hydrogen-bond donors (Lipinski definition) is 1. The Kier molecular flexibility index (Phi) is 6.51. The highest BCUT2D eigenvalue weighted by atomic mass is 127. The monoisotopic (exact) mass is 511 g/mol. The Labute approximate surface area is 179 Å². The number of nitrogens with one attached hydrogen (secondary N) is 1. The highest BCUT2D eigenvalue weighted by Gasteiger charge is 2.22. The van der Waals surface area contributed by atoms with Crippen LogP contribution in [0.4, 0.5) is 0 Å². The molecule has 0 aliphatic carbocycles. The Hall–Kier alpha value is -1.91. The Balaban J connectivity index is 1.87. The summed E-state index contributed by atoms with van der Waals surface area (Å²) in [4.78, 5) is 24.8. The third-order valence-corrected chi connectivity index (χ3v) is 5.61. The van der Waals surface area contributed by atoms with Crippen molar-refractivity contribution in [2.45, 2.75) is 6.92 Å². The molecule has 1 N–H and O–H groups in total. The van der Waals surface area contributed by atoms with E-state index in [0.717, 1.165) is 9.13 Å². The maximum Gasteiger partial charge on any atom is 0.344 e. The van der Waals surface area contributed by atoms with Gasteiger partial charge in [0.25, 0.3) is 5.91 Å². The van der Waals surface area contributed by atoms with E-state index < -0.39 is 5.97 Å². The number of benzene rings is 2. The van der Waals surface area contributed by atoms with Gasteiger partial charge in [0.15, 0.2) is 11.5 Å². The molecule has 0 radical (unpaired) electrons. The average molecular weight is 511 g/mol. The summed E-state index contributed by atoms with van der Waals surface area (Å²) in [6.07, 6.45) is 1.72. The van der Waals surface area contributed by atoms with E-state index in [-0.39, 0.29) is 5.91 Å². The predicted molar refractivity (Wildman–Crippen MR) is 118 cm³/mol. The lowest BCUT2D eigenvalue weighted by atomic mass is 10.1. The summed E-state index contributed by atoms with van der Waals surface area (Å²) in [6.45, 7) is 2.25. The zero-order valence-electron chi connectivity index (χ0n) is 14.2. The van der Waals surface area contributed by atoms with Crippen molar-refractivity contribution >= 4 is 68.8 Å². The average Bonchev–Trinajstić information content (AvgIpc) is 2.95. The van der Waals surface area contributed by atoms with E-state index in [2.05, 4.69) is 27.9 Å². The molecule has 5 nitrogen and oxygen atoms in total. The summed E-state index contributed by atoms with van der Waals surface area (Å²) < 4.78 is 12.4. The van der Waals surface area contributed by atoms with Crippen LogP contribution in [-0.4, -0.2) is 22.8 Å². The van der Waals surface area contributed by atoms with Crippen LogP contribution in [0.5, 0.6) is 11.5 Å². The van der Waals surface area contributed by atoms with E-state index in [0.29, 0.717) is 32.9 Å². The van der Waals surface area contributed by atoms with Crippen molar-refractivity contribution in [1.29, 1.82) is 0 Å². The van der Waals surface area contributed by atoms with E-state index in [1.807, 2.05) is 19.1 Å². The zero-order chi connectivity index (χ0) is 19.4. The minimum Gasteiger partial charge on any atom is -0.490 e. The first kappa shape index (κ1) is 19.8. The Morgan fingerprint density at radius 1 is 1.26 bits per heavy atom. The normalized spacial score (nSPS) is 15.0. The molecule has 1 aliphatic heterocycles. The minimum absolute atomic E-state index is 0.225. The van der Waals surface area contributed by atoms with Gasteiger partial charge in [-0.1, -0.05) is 42.2 Å². The minimum atomic E-state index is -0.455. The summed E-state index contributed by atoms with van der Waals surface area (Å²) in [7, 11) is 0. The number of halogens is 1. The number of rotatable bonds is 5. The van der Waals surface area contributed by atoms with Crippen molar-refractivity contribution in [2.75, 3.05) is 6.61 Å². The van der Waals surface area contributed by atoms with E-state index in [1.54, 1.807) is 36.4 Å². The van der Waals surface area contributed by atoms with Crippen LogP contribution in [0.1, 0.15) is 22.8 Å². The molecule has 8 heteroatoms. The van der Waals surface area contributed by atoms with Crippen molar-refractivity contribution in [2.24, 2.45) is 0 Å². The molecule has 1 fully saturated rings. The third kappa shape index (κ3) is 4.88. The molecule has 27 heavy (non-hydrogen) atoms. The van der Waals surface area contributed by atoms with Crippen LogP contribution in [0.3, 0.4) is 0 Å². The van der Waals surface area contributed by atoms with Crippen LogP contribution in [0.15, 0.2) is 47.4 Å². The van der Waals surface area contributed by atoms with Gasteiger partial charge in [-0.05, 0) is 65.4 Å². The van der Waals surface area contributed by atoms with Gasteiger partial charge in [-0.2, -0.15) is 0 Å². The zero-order valence-corrected chi connectivity index (χ0v) is 17.9. The van der Waals surface area contributed by atoms with Gasteiger partial charge in [0.2, 0.25) is 0 Å². The second kappa shape index (κ2) is 8.85. The fraction of sp³-hybridized carbons (Fsp3) is 0.105. The SMILES string of the molecule is CCOc1cc(C=C2SC(=S)NC2=O)ccc1OC(=O)c1ccccc1I. The molecule has 0 atom stereocenters. The van der Waals surface area contributed by atoms with Crippen molar-refractivity contribution in [3.8, 4) is 11.5 Å². The van der Waals surface area contributed by atoms with Crippen molar-refractivity contribution in [3.63, 3.8) is 0 Å². The molecule has 0 saturated carbocycles. The summed E-state index contributed by atoms with van der Waals surface area (Å²) in [5.41, 5.74) is 1.23. The number of thioether (sulfide) groups is 1. The van der Waals surface area contributed by atoms with Crippen LogP contribution in [-0.2, 0) is 4.79 Å². The lowest BCUT2D eigenvalue weighted by molar-refractivity contribution is -0.115. The first-order chi connectivity index (χ1) is 13.0.